The average Bonchev–Trinajstić information content (AvgIpc) is 2.70. The van der Waals surface area contributed by atoms with Gasteiger partial charge in [-0.25, -0.2) is 4.79 Å². The van der Waals surface area contributed by atoms with Crippen LogP contribution in [0.1, 0.15) is 19.8 Å². The number of nitrogens with one attached hydrogen (secondary N) is 2. The van der Waals surface area contributed by atoms with Crippen molar-refractivity contribution in [1.82, 2.24) is 9.97 Å². The Labute approximate surface area is 97.7 Å². The van der Waals surface area contributed by atoms with Crippen LogP contribution in [0.2, 0.25) is 0 Å². The molecule has 90 valence electrons. The van der Waals surface area contributed by atoms with Gasteiger partial charge in [0.2, 0.25) is 0 Å². The highest BCUT2D eigenvalue weighted by atomic mass is 16.6. The van der Waals surface area contributed by atoms with Crippen molar-refractivity contribution in [2.24, 2.45) is 0 Å². The molecule has 5 nitrogen and oxygen atoms in total. The second kappa shape index (κ2) is 3.84. The fourth-order valence-corrected chi connectivity index (χ4v) is 2.14. The summed E-state index contributed by atoms with van der Waals surface area (Å²) in [6.45, 7) is 2.68. The molecule has 0 radical (unpaired) electrons. The summed E-state index contributed by atoms with van der Waals surface area (Å²) < 4.78 is 11.5. The molecule has 0 saturated carbocycles. The molecule has 0 amide bonds. The molecule has 0 aliphatic carbocycles. The monoisotopic (exact) mass is 234 g/mol. The van der Waals surface area contributed by atoms with E-state index in [0.717, 1.165) is 18.4 Å². The lowest BCUT2D eigenvalue weighted by atomic mass is 10.2. The topological polar surface area (TPSA) is 67.1 Å². The van der Waals surface area contributed by atoms with Crippen molar-refractivity contribution in [1.29, 1.82) is 0 Å². The van der Waals surface area contributed by atoms with Gasteiger partial charge in [-0.1, -0.05) is 13.3 Å². The van der Waals surface area contributed by atoms with Crippen molar-refractivity contribution < 1.29 is 9.47 Å². The van der Waals surface area contributed by atoms with Gasteiger partial charge in [0.1, 0.15) is 18.2 Å². The molecule has 1 atom stereocenters. The molecule has 0 spiro atoms. The Morgan fingerprint density at radius 1 is 1.41 bits per heavy atom. The molecule has 1 aromatic heterocycles. The minimum absolute atomic E-state index is 0.0662. The number of hydrogen-bond acceptors (Lipinski definition) is 3. The van der Waals surface area contributed by atoms with Crippen LogP contribution in [0, 0.1) is 0 Å². The standard InChI is InChI=1S/C12H14N2O3/c1-2-3-7-6-16-9-5-4-8-10(11(9)17-7)14-12(15)13-8/h4-5,7H,2-3,6H2,1H3,(H2,13,14,15). The van der Waals surface area contributed by atoms with E-state index >= 15 is 0 Å². The number of rotatable bonds is 2. The SMILES string of the molecule is CCCC1COc2ccc3[nH]c(=O)[nH]c3c2O1. The summed E-state index contributed by atoms with van der Waals surface area (Å²) in [6, 6.07) is 3.64. The maximum atomic E-state index is 11.3. The number of hydrogen-bond donors (Lipinski definition) is 2. The first-order valence-electron chi connectivity index (χ1n) is 5.82. The van der Waals surface area contributed by atoms with Crippen LogP contribution >= 0.6 is 0 Å². The molecule has 2 aromatic rings. The van der Waals surface area contributed by atoms with Gasteiger partial charge in [-0.15, -0.1) is 0 Å². The first kappa shape index (κ1) is 10.3. The highest BCUT2D eigenvalue weighted by Gasteiger charge is 2.23. The summed E-state index contributed by atoms with van der Waals surface area (Å²) in [5.74, 6) is 1.34. The van der Waals surface area contributed by atoms with E-state index in [2.05, 4.69) is 16.9 Å². The smallest absolute Gasteiger partial charge is 0.323 e. The molecule has 1 aliphatic rings. The molecule has 3 rings (SSSR count). The number of ether oxygens (including phenoxy) is 2. The van der Waals surface area contributed by atoms with Gasteiger partial charge in [-0.2, -0.15) is 0 Å². The van der Waals surface area contributed by atoms with Crippen molar-refractivity contribution in [2.75, 3.05) is 6.61 Å². The summed E-state index contributed by atoms with van der Waals surface area (Å²) in [7, 11) is 0. The quantitative estimate of drug-likeness (QED) is 0.832. The van der Waals surface area contributed by atoms with Crippen LogP contribution in [-0.4, -0.2) is 22.7 Å². The van der Waals surface area contributed by atoms with Gasteiger partial charge in [0.05, 0.1) is 5.52 Å². The summed E-state index contributed by atoms with van der Waals surface area (Å²) >= 11 is 0. The third-order valence-corrected chi connectivity index (χ3v) is 2.93. The lowest BCUT2D eigenvalue weighted by Crippen LogP contribution is -2.28. The van der Waals surface area contributed by atoms with E-state index in [1.54, 1.807) is 0 Å². The largest absolute Gasteiger partial charge is 0.486 e. The van der Waals surface area contributed by atoms with E-state index in [9.17, 15) is 4.79 Å². The molecule has 0 bridgehead atoms. The fraction of sp³-hybridized carbons (Fsp3) is 0.417. The van der Waals surface area contributed by atoms with E-state index in [4.69, 9.17) is 9.47 Å². The van der Waals surface area contributed by atoms with Crippen LogP contribution < -0.4 is 15.2 Å². The van der Waals surface area contributed by atoms with Crippen LogP contribution in [0.15, 0.2) is 16.9 Å². The van der Waals surface area contributed by atoms with Gasteiger partial charge < -0.3 is 19.4 Å². The zero-order valence-electron chi connectivity index (χ0n) is 9.58. The van der Waals surface area contributed by atoms with E-state index in [-0.39, 0.29) is 11.8 Å². The summed E-state index contributed by atoms with van der Waals surface area (Å²) in [5, 5.41) is 0. The molecule has 5 heteroatoms. The lowest BCUT2D eigenvalue weighted by Gasteiger charge is -2.26. The van der Waals surface area contributed by atoms with Gasteiger partial charge in [-0.3, -0.25) is 0 Å². The normalized spacial score (nSPS) is 18.5. The minimum Gasteiger partial charge on any atom is -0.486 e. The maximum absolute atomic E-state index is 11.3. The summed E-state index contributed by atoms with van der Waals surface area (Å²) in [6.07, 6.45) is 2.06. The van der Waals surface area contributed by atoms with Crippen molar-refractivity contribution >= 4 is 11.0 Å². The number of benzene rings is 1. The summed E-state index contributed by atoms with van der Waals surface area (Å²) in [4.78, 5) is 16.7. The molecule has 2 N–H and O–H groups in total. The second-order valence-electron chi connectivity index (χ2n) is 4.23. The maximum Gasteiger partial charge on any atom is 0.323 e. The fourth-order valence-electron chi connectivity index (χ4n) is 2.14. The third kappa shape index (κ3) is 1.67. The Hall–Kier alpha value is -1.91. The Balaban J connectivity index is 2.08. The highest BCUT2D eigenvalue weighted by molar-refractivity contribution is 5.84. The Morgan fingerprint density at radius 3 is 3.12 bits per heavy atom. The predicted octanol–water partition coefficient (Wildman–Crippen LogP) is 1.80. The second-order valence-corrected chi connectivity index (χ2v) is 4.23. The van der Waals surface area contributed by atoms with E-state index in [1.807, 2.05) is 12.1 Å². The first-order valence-corrected chi connectivity index (χ1v) is 5.82. The summed E-state index contributed by atoms with van der Waals surface area (Å²) in [5.41, 5.74) is 1.21. The molecule has 17 heavy (non-hydrogen) atoms. The van der Waals surface area contributed by atoms with E-state index in [0.29, 0.717) is 23.6 Å². The zero-order chi connectivity index (χ0) is 11.8. The van der Waals surface area contributed by atoms with Crippen LogP contribution in [0.4, 0.5) is 0 Å². The number of fused-ring (bicyclic) bond motifs is 3. The van der Waals surface area contributed by atoms with Crippen LogP contribution in [-0.2, 0) is 0 Å². The Bertz CT molecular complexity index is 599. The molecule has 1 aliphatic heterocycles. The third-order valence-electron chi connectivity index (χ3n) is 2.93. The van der Waals surface area contributed by atoms with Gasteiger partial charge in [0.25, 0.3) is 0 Å². The number of aromatic amines is 2. The van der Waals surface area contributed by atoms with Gasteiger partial charge in [0, 0.05) is 0 Å². The van der Waals surface area contributed by atoms with Gasteiger partial charge in [-0.05, 0) is 18.6 Å². The zero-order valence-corrected chi connectivity index (χ0v) is 9.58. The van der Waals surface area contributed by atoms with Gasteiger partial charge >= 0.3 is 5.69 Å². The number of H-pyrrole nitrogens is 2. The molecule has 0 fully saturated rings. The molecule has 2 heterocycles. The molecular formula is C12H14N2O3. The number of aromatic nitrogens is 2. The van der Waals surface area contributed by atoms with Crippen LogP contribution in [0.5, 0.6) is 11.5 Å². The van der Waals surface area contributed by atoms with Crippen molar-refractivity contribution in [2.45, 2.75) is 25.9 Å². The Morgan fingerprint density at radius 2 is 2.29 bits per heavy atom. The number of imidazole rings is 1. The predicted molar refractivity (Wildman–Crippen MR) is 63.7 cm³/mol. The Kier molecular flexibility index (Phi) is 2.31. The van der Waals surface area contributed by atoms with Crippen LogP contribution in [0.25, 0.3) is 11.0 Å². The van der Waals surface area contributed by atoms with Crippen molar-refractivity contribution in [3.8, 4) is 11.5 Å². The van der Waals surface area contributed by atoms with Crippen LogP contribution in [0.3, 0.4) is 0 Å². The lowest BCUT2D eigenvalue weighted by molar-refractivity contribution is 0.0861. The van der Waals surface area contributed by atoms with Crippen molar-refractivity contribution in [3.05, 3.63) is 22.6 Å². The van der Waals surface area contributed by atoms with E-state index < -0.39 is 0 Å². The molecule has 1 unspecified atom stereocenters. The molecule has 0 saturated heterocycles. The molecular weight excluding hydrogens is 220 g/mol. The first-order chi connectivity index (χ1) is 8.28. The molecule has 1 aromatic carbocycles. The minimum atomic E-state index is -0.227. The van der Waals surface area contributed by atoms with E-state index in [1.165, 1.54) is 0 Å². The average molecular weight is 234 g/mol. The van der Waals surface area contributed by atoms with Crippen molar-refractivity contribution in [3.63, 3.8) is 0 Å². The van der Waals surface area contributed by atoms with Gasteiger partial charge in [0.15, 0.2) is 11.5 Å². The highest BCUT2D eigenvalue weighted by Crippen LogP contribution is 2.37.